The molecule has 0 saturated carbocycles. The van der Waals surface area contributed by atoms with E-state index in [0.717, 1.165) is 10.6 Å². The van der Waals surface area contributed by atoms with Gasteiger partial charge < -0.3 is 10.2 Å². The zero-order valence-corrected chi connectivity index (χ0v) is 20.4. The van der Waals surface area contributed by atoms with Crippen LogP contribution in [-0.4, -0.2) is 10.2 Å². The van der Waals surface area contributed by atoms with Crippen LogP contribution in [-0.2, 0) is 0 Å². The average Bonchev–Trinajstić information content (AvgIpc) is 2.90. The number of rotatable bonds is 6. The fourth-order valence-electron chi connectivity index (χ4n) is 4.51. The molecule has 5 aromatic rings. The van der Waals surface area contributed by atoms with Crippen molar-refractivity contribution in [2.45, 2.75) is 0 Å². The number of benzene rings is 5. The van der Waals surface area contributed by atoms with Crippen LogP contribution < -0.4 is 26.5 Å². The summed E-state index contributed by atoms with van der Waals surface area (Å²) in [5, 5.41) is 28.0. The Kier molecular flexibility index (Phi) is 6.45. The van der Waals surface area contributed by atoms with Gasteiger partial charge in [0.2, 0.25) is 0 Å². The largest absolute Gasteiger partial charge is 0.504 e. The smallest absolute Gasteiger partial charge is 0.190 e. The van der Waals surface area contributed by atoms with Gasteiger partial charge in [0.25, 0.3) is 0 Å². The lowest BCUT2D eigenvalue weighted by Crippen LogP contribution is -2.34. The lowest BCUT2D eigenvalue weighted by Gasteiger charge is -2.35. The summed E-state index contributed by atoms with van der Waals surface area (Å²) in [4.78, 5) is 0. The second kappa shape index (κ2) is 9.82. The molecule has 0 aliphatic carbocycles. The fraction of sp³-hybridized carbons (Fsp3) is 0. The standard InChI is InChI=1S/C30H24O2P2/c31-28-22-13-23-29(32)30(28)34(26-18-9-3-10-19-26,27-20-11-4-12-21-27)33(24-14-5-1-6-15-24)25-16-7-2-8-17-25/h1-23H,(H-,31,32)/p+1. The zero-order chi connectivity index (χ0) is 23.4. The highest BCUT2D eigenvalue weighted by Gasteiger charge is 2.57. The topological polar surface area (TPSA) is 40.5 Å². The molecule has 0 bridgehead atoms. The summed E-state index contributed by atoms with van der Waals surface area (Å²) in [5.41, 5.74) is 0. The van der Waals surface area contributed by atoms with Gasteiger partial charge in [-0.1, -0.05) is 103 Å². The van der Waals surface area contributed by atoms with Crippen molar-refractivity contribution in [3.63, 3.8) is 0 Å². The number of hydrogen-bond donors (Lipinski definition) is 2. The van der Waals surface area contributed by atoms with Crippen LogP contribution in [0.4, 0.5) is 0 Å². The van der Waals surface area contributed by atoms with Crippen molar-refractivity contribution in [2.75, 3.05) is 0 Å². The Morgan fingerprint density at radius 2 is 0.765 bits per heavy atom. The second-order valence-electron chi connectivity index (χ2n) is 7.93. The fourth-order valence-corrected chi connectivity index (χ4v) is 16.2. The van der Waals surface area contributed by atoms with E-state index in [1.807, 2.05) is 48.5 Å². The Labute approximate surface area is 202 Å². The molecule has 0 heterocycles. The molecule has 34 heavy (non-hydrogen) atoms. The molecule has 0 aromatic heterocycles. The molecule has 166 valence electrons. The van der Waals surface area contributed by atoms with Gasteiger partial charge in [-0.15, -0.1) is 0 Å². The van der Waals surface area contributed by atoms with E-state index in [4.69, 9.17) is 0 Å². The summed E-state index contributed by atoms with van der Waals surface area (Å²) in [7, 11) is -1.07. The Morgan fingerprint density at radius 3 is 1.15 bits per heavy atom. The minimum Gasteiger partial charge on any atom is -0.504 e. The van der Waals surface area contributed by atoms with Crippen molar-refractivity contribution in [3.05, 3.63) is 140 Å². The molecule has 5 rings (SSSR count). The Hall–Kier alpha value is -3.44. The van der Waals surface area contributed by atoms with Crippen LogP contribution in [0.3, 0.4) is 0 Å². The van der Waals surface area contributed by atoms with Crippen LogP contribution in [0.2, 0.25) is 0 Å². The molecule has 0 aliphatic heterocycles. The molecule has 0 unspecified atom stereocenters. The SMILES string of the molecule is Oc1cccc(O)c1[P+](c1ccccc1)(c1ccccc1)P(c1ccccc1)c1ccccc1. The van der Waals surface area contributed by atoms with Gasteiger partial charge in [-0.05, 0) is 36.4 Å². The first-order valence-corrected chi connectivity index (χ1v) is 15.0. The maximum atomic E-state index is 11.4. The van der Waals surface area contributed by atoms with Crippen molar-refractivity contribution < 1.29 is 10.2 Å². The van der Waals surface area contributed by atoms with E-state index >= 15 is 0 Å². The van der Waals surface area contributed by atoms with Gasteiger partial charge in [-0.2, -0.15) is 0 Å². The highest BCUT2D eigenvalue weighted by molar-refractivity contribution is 8.52. The quantitative estimate of drug-likeness (QED) is 0.319. The van der Waals surface area contributed by atoms with E-state index in [9.17, 15) is 10.2 Å². The normalized spacial score (nSPS) is 11.4. The molecule has 0 fully saturated rings. The molecule has 4 heteroatoms. The molecule has 2 N–H and O–H groups in total. The van der Waals surface area contributed by atoms with Gasteiger partial charge in [0.15, 0.2) is 16.8 Å². The summed E-state index contributed by atoms with van der Waals surface area (Å²) >= 11 is 0. The van der Waals surface area contributed by atoms with Gasteiger partial charge in [0.1, 0.15) is 25.2 Å². The number of aromatic hydroxyl groups is 2. The van der Waals surface area contributed by atoms with Crippen LogP contribution in [0.15, 0.2) is 140 Å². The highest BCUT2D eigenvalue weighted by atomic mass is 32.1. The van der Waals surface area contributed by atoms with Crippen molar-refractivity contribution in [3.8, 4) is 11.5 Å². The van der Waals surface area contributed by atoms with Crippen molar-refractivity contribution >= 4 is 41.1 Å². The predicted octanol–water partition coefficient (Wildman–Crippen LogP) is 5.44. The van der Waals surface area contributed by atoms with Crippen molar-refractivity contribution in [1.29, 1.82) is 0 Å². The Morgan fingerprint density at radius 1 is 0.412 bits per heavy atom. The average molecular weight is 479 g/mol. The molecule has 0 spiro atoms. The molecule has 0 radical (unpaired) electrons. The van der Waals surface area contributed by atoms with Crippen LogP contribution >= 0.6 is 14.6 Å². The van der Waals surface area contributed by atoms with Crippen molar-refractivity contribution in [2.24, 2.45) is 0 Å². The monoisotopic (exact) mass is 479 g/mol. The van der Waals surface area contributed by atoms with Crippen LogP contribution in [0.25, 0.3) is 0 Å². The molecule has 5 aromatic carbocycles. The second-order valence-corrected chi connectivity index (χ2v) is 15.3. The third-order valence-corrected chi connectivity index (χ3v) is 16.4. The Bertz CT molecular complexity index is 1260. The summed E-state index contributed by atoms with van der Waals surface area (Å²) in [6.45, 7) is -2.62. The first-order chi connectivity index (χ1) is 16.7. The summed E-state index contributed by atoms with van der Waals surface area (Å²) in [6.07, 6.45) is 0. The third kappa shape index (κ3) is 3.90. The van der Waals surface area contributed by atoms with Crippen LogP contribution in [0, 0.1) is 0 Å². The summed E-state index contributed by atoms with van der Waals surface area (Å²) in [6, 6.07) is 47.0. The summed E-state index contributed by atoms with van der Waals surface area (Å²) < 4.78 is 0. The first kappa shape index (κ1) is 22.4. The third-order valence-electron chi connectivity index (χ3n) is 5.88. The van der Waals surface area contributed by atoms with Crippen molar-refractivity contribution in [1.82, 2.24) is 0 Å². The molecule has 0 saturated heterocycles. The molecule has 2 nitrogen and oxygen atoms in total. The number of hydrogen-bond acceptors (Lipinski definition) is 2. The van der Waals surface area contributed by atoms with E-state index in [1.54, 1.807) is 18.2 Å². The van der Waals surface area contributed by atoms with Gasteiger partial charge in [0, 0.05) is 10.6 Å². The lowest BCUT2D eigenvalue weighted by molar-refractivity contribution is 0.458. The molecular formula is C30H25O2P2+. The van der Waals surface area contributed by atoms with Gasteiger partial charge in [-0.3, -0.25) is 0 Å². The van der Waals surface area contributed by atoms with E-state index in [0.29, 0.717) is 5.30 Å². The maximum absolute atomic E-state index is 11.4. The molecule has 0 atom stereocenters. The molecular weight excluding hydrogens is 454 g/mol. The Balaban J connectivity index is 2.00. The van der Waals surface area contributed by atoms with Crippen LogP contribution in [0.1, 0.15) is 0 Å². The van der Waals surface area contributed by atoms with E-state index in [1.165, 1.54) is 10.6 Å². The van der Waals surface area contributed by atoms with Gasteiger partial charge in [-0.25, -0.2) is 0 Å². The highest BCUT2D eigenvalue weighted by Crippen LogP contribution is 2.81. The van der Waals surface area contributed by atoms with Gasteiger partial charge in [0.05, 0.1) is 0 Å². The molecule has 0 aliphatic rings. The number of phenols is 2. The van der Waals surface area contributed by atoms with Crippen LogP contribution in [0.5, 0.6) is 11.5 Å². The molecule has 0 amide bonds. The minimum atomic E-state index is -2.62. The van der Waals surface area contributed by atoms with E-state index < -0.39 is 14.6 Å². The lowest BCUT2D eigenvalue weighted by atomic mass is 10.3. The minimum absolute atomic E-state index is 0.125. The maximum Gasteiger partial charge on any atom is 0.190 e. The predicted molar refractivity (Wildman–Crippen MR) is 148 cm³/mol. The first-order valence-electron chi connectivity index (χ1n) is 11.2. The van der Waals surface area contributed by atoms with E-state index in [2.05, 4.69) is 72.8 Å². The zero-order valence-electron chi connectivity index (χ0n) is 18.6. The summed E-state index contributed by atoms with van der Waals surface area (Å²) in [5.74, 6) is 0.251. The van der Waals surface area contributed by atoms with E-state index in [-0.39, 0.29) is 11.5 Å². The van der Waals surface area contributed by atoms with Gasteiger partial charge >= 0.3 is 0 Å². The number of phenolic OH excluding ortho intramolecular Hbond substituents is 2.